The first-order chi connectivity index (χ1) is 12.1. The average Bonchev–Trinajstić information content (AvgIpc) is 2.87. The SMILES string of the molecule is CN(C)C(=O)Nc1cccc(C(=O)NCCNC2CCCCCC2)c1. The van der Waals surface area contributed by atoms with E-state index in [-0.39, 0.29) is 11.9 Å². The van der Waals surface area contributed by atoms with Crippen LogP contribution in [0.15, 0.2) is 24.3 Å². The van der Waals surface area contributed by atoms with Crippen LogP contribution in [0.4, 0.5) is 10.5 Å². The van der Waals surface area contributed by atoms with Crippen LogP contribution < -0.4 is 16.0 Å². The molecule has 1 saturated carbocycles. The van der Waals surface area contributed by atoms with E-state index in [2.05, 4.69) is 16.0 Å². The van der Waals surface area contributed by atoms with Gasteiger partial charge in [0.05, 0.1) is 0 Å². The Morgan fingerprint density at radius 1 is 1.08 bits per heavy atom. The minimum atomic E-state index is -0.217. The normalized spacial score (nSPS) is 15.3. The molecule has 1 aromatic rings. The molecule has 2 rings (SSSR count). The summed E-state index contributed by atoms with van der Waals surface area (Å²) < 4.78 is 0. The minimum Gasteiger partial charge on any atom is -0.351 e. The molecule has 138 valence electrons. The summed E-state index contributed by atoms with van der Waals surface area (Å²) in [6, 6.07) is 7.35. The first kappa shape index (κ1) is 19.2. The molecular weight excluding hydrogens is 316 g/mol. The van der Waals surface area contributed by atoms with Crippen molar-refractivity contribution in [3.8, 4) is 0 Å². The summed E-state index contributed by atoms with van der Waals surface area (Å²) in [6.07, 6.45) is 7.76. The van der Waals surface area contributed by atoms with Crippen LogP contribution in [0.3, 0.4) is 0 Å². The lowest BCUT2D eigenvalue weighted by Gasteiger charge is -2.16. The number of nitrogens with zero attached hydrogens (tertiary/aromatic N) is 1. The molecule has 1 aliphatic rings. The van der Waals surface area contributed by atoms with Crippen molar-refractivity contribution in [2.24, 2.45) is 0 Å². The molecule has 6 heteroatoms. The van der Waals surface area contributed by atoms with Gasteiger partial charge in [0.15, 0.2) is 0 Å². The van der Waals surface area contributed by atoms with Crippen molar-refractivity contribution >= 4 is 17.6 Å². The zero-order chi connectivity index (χ0) is 18.1. The van der Waals surface area contributed by atoms with E-state index in [1.54, 1.807) is 38.4 Å². The van der Waals surface area contributed by atoms with E-state index in [4.69, 9.17) is 0 Å². The van der Waals surface area contributed by atoms with Gasteiger partial charge in [0, 0.05) is 44.5 Å². The molecule has 0 radical (unpaired) electrons. The van der Waals surface area contributed by atoms with Crippen LogP contribution in [0.2, 0.25) is 0 Å². The second kappa shape index (κ2) is 10.0. The zero-order valence-corrected chi connectivity index (χ0v) is 15.3. The number of hydrogen-bond donors (Lipinski definition) is 3. The van der Waals surface area contributed by atoms with Gasteiger partial charge in [-0.2, -0.15) is 0 Å². The van der Waals surface area contributed by atoms with Gasteiger partial charge >= 0.3 is 6.03 Å². The van der Waals surface area contributed by atoms with E-state index in [9.17, 15) is 9.59 Å². The topological polar surface area (TPSA) is 73.5 Å². The molecule has 1 fully saturated rings. The number of carbonyl (C=O) groups is 2. The fourth-order valence-corrected chi connectivity index (χ4v) is 3.01. The molecule has 0 aromatic heterocycles. The molecule has 1 aromatic carbocycles. The van der Waals surface area contributed by atoms with E-state index < -0.39 is 0 Å². The summed E-state index contributed by atoms with van der Waals surface area (Å²) in [6.45, 7) is 1.39. The monoisotopic (exact) mass is 346 g/mol. The highest BCUT2D eigenvalue weighted by Crippen LogP contribution is 2.16. The van der Waals surface area contributed by atoms with Crippen molar-refractivity contribution in [2.75, 3.05) is 32.5 Å². The summed E-state index contributed by atoms with van der Waals surface area (Å²) in [5.74, 6) is -0.122. The van der Waals surface area contributed by atoms with Gasteiger partial charge in [-0.25, -0.2) is 4.79 Å². The van der Waals surface area contributed by atoms with E-state index in [1.807, 2.05) is 0 Å². The number of urea groups is 1. The number of hydrogen-bond acceptors (Lipinski definition) is 3. The maximum Gasteiger partial charge on any atom is 0.321 e. The van der Waals surface area contributed by atoms with Crippen LogP contribution in [0, 0.1) is 0 Å². The number of carbonyl (C=O) groups excluding carboxylic acids is 2. The van der Waals surface area contributed by atoms with Crippen LogP contribution in [-0.4, -0.2) is 50.1 Å². The van der Waals surface area contributed by atoms with Gasteiger partial charge in [0.25, 0.3) is 5.91 Å². The lowest BCUT2D eigenvalue weighted by Crippen LogP contribution is -2.36. The number of rotatable bonds is 6. The van der Waals surface area contributed by atoms with E-state index in [1.165, 1.54) is 43.4 Å². The summed E-state index contributed by atoms with van der Waals surface area (Å²) in [4.78, 5) is 25.4. The Morgan fingerprint density at radius 2 is 1.80 bits per heavy atom. The smallest absolute Gasteiger partial charge is 0.321 e. The van der Waals surface area contributed by atoms with Gasteiger partial charge in [-0.3, -0.25) is 4.79 Å². The first-order valence-corrected chi connectivity index (χ1v) is 9.16. The molecule has 0 saturated heterocycles. The van der Waals surface area contributed by atoms with Crippen molar-refractivity contribution in [1.29, 1.82) is 0 Å². The van der Waals surface area contributed by atoms with Gasteiger partial charge in [-0.05, 0) is 31.0 Å². The highest BCUT2D eigenvalue weighted by molar-refractivity contribution is 5.96. The maximum absolute atomic E-state index is 12.3. The molecule has 25 heavy (non-hydrogen) atoms. The van der Waals surface area contributed by atoms with Crippen LogP contribution >= 0.6 is 0 Å². The largest absolute Gasteiger partial charge is 0.351 e. The molecular formula is C19H30N4O2. The minimum absolute atomic E-state index is 0.122. The maximum atomic E-state index is 12.3. The third-order valence-corrected chi connectivity index (χ3v) is 4.48. The predicted molar refractivity (Wildman–Crippen MR) is 101 cm³/mol. The molecule has 0 spiro atoms. The van der Waals surface area contributed by atoms with Crippen molar-refractivity contribution in [3.63, 3.8) is 0 Å². The molecule has 6 nitrogen and oxygen atoms in total. The molecule has 0 bridgehead atoms. The summed E-state index contributed by atoms with van der Waals surface area (Å²) in [7, 11) is 3.35. The zero-order valence-electron chi connectivity index (χ0n) is 15.3. The lowest BCUT2D eigenvalue weighted by atomic mass is 10.1. The van der Waals surface area contributed by atoms with Crippen LogP contribution in [0.1, 0.15) is 48.9 Å². The molecule has 0 heterocycles. The van der Waals surface area contributed by atoms with Gasteiger partial charge in [-0.15, -0.1) is 0 Å². The standard InChI is InChI=1S/C19H30N4O2/c1-23(2)19(25)22-17-11-7-8-15(14-17)18(24)21-13-12-20-16-9-5-3-4-6-10-16/h7-8,11,14,16,20H,3-6,9-10,12-13H2,1-2H3,(H,21,24)(H,22,25). The van der Waals surface area contributed by atoms with E-state index >= 15 is 0 Å². The van der Waals surface area contributed by atoms with E-state index in [0.29, 0.717) is 23.8 Å². The number of nitrogens with one attached hydrogen (secondary N) is 3. The highest BCUT2D eigenvalue weighted by Gasteiger charge is 2.12. The Kier molecular flexibility index (Phi) is 7.73. The predicted octanol–water partition coefficient (Wildman–Crippen LogP) is 2.82. The van der Waals surface area contributed by atoms with E-state index in [0.717, 1.165) is 6.54 Å². The second-order valence-electron chi connectivity index (χ2n) is 6.80. The molecule has 1 aliphatic carbocycles. The number of amides is 3. The Labute approximate surface area is 150 Å². The van der Waals surface area contributed by atoms with Crippen molar-refractivity contribution in [3.05, 3.63) is 29.8 Å². The number of anilines is 1. The van der Waals surface area contributed by atoms with Crippen LogP contribution in [0.25, 0.3) is 0 Å². The first-order valence-electron chi connectivity index (χ1n) is 9.16. The Balaban J connectivity index is 1.75. The molecule has 3 N–H and O–H groups in total. The molecule has 3 amide bonds. The van der Waals surface area contributed by atoms with Crippen LogP contribution in [0.5, 0.6) is 0 Å². The summed E-state index contributed by atoms with van der Waals surface area (Å²) in [5.41, 5.74) is 1.16. The summed E-state index contributed by atoms with van der Waals surface area (Å²) in [5, 5.41) is 9.22. The van der Waals surface area contributed by atoms with Crippen LogP contribution in [-0.2, 0) is 0 Å². The second-order valence-corrected chi connectivity index (χ2v) is 6.80. The number of benzene rings is 1. The third kappa shape index (κ3) is 6.74. The Bertz CT molecular complexity index is 566. The highest BCUT2D eigenvalue weighted by atomic mass is 16.2. The Hall–Kier alpha value is -2.08. The van der Waals surface area contributed by atoms with Gasteiger partial charge in [-0.1, -0.05) is 31.7 Å². The third-order valence-electron chi connectivity index (χ3n) is 4.48. The lowest BCUT2D eigenvalue weighted by molar-refractivity contribution is 0.0953. The Morgan fingerprint density at radius 3 is 2.48 bits per heavy atom. The van der Waals surface area contributed by atoms with Crippen molar-refractivity contribution in [1.82, 2.24) is 15.5 Å². The average molecular weight is 346 g/mol. The molecule has 0 aliphatic heterocycles. The van der Waals surface area contributed by atoms with Gasteiger partial charge < -0.3 is 20.9 Å². The molecule has 0 atom stereocenters. The quantitative estimate of drug-likeness (QED) is 0.548. The molecule has 0 unspecified atom stereocenters. The fourth-order valence-electron chi connectivity index (χ4n) is 3.01. The van der Waals surface area contributed by atoms with Gasteiger partial charge in [0.1, 0.15) is 0 Å². The summed E-state index contributed by atoms with van der Waals surface area (Å²) >= 11 is 0. The van der Waals surface area contributed by atoms with Crippen molar-refractivity contribution < 1.29 is 9.59 Å². The fraction of sp³-hybridized carbons (Fsp3) is 0.579. The van der Waals surface area contributed by atoms with Gasteiger partial charge in [0.2, 0.25) is 0 Å². The van der Waals surface area contributed by atoms with Crippen molar-refractivity contribution in [2.45, 2.75) is 44.6 Å².